The number of likely N-dealkylation sites (tertiary alicyclic amines) is 1. The molecule has 0 aromatic heterocycles. The second-order valence-electron chi connectivity index (χ2n) is 12.5. The molecular formula is C33H33BrN2O5. The quantitative estimate of drug-likeness (QED) is 0.352. The highest BCUT2D eigenvalue weighted by Gasteiger charge is 2.68. The Morgan fingerprint density at radius 1 is 0.902 bits per heavy atom. The number of carbonyl (C=O) groups is 4. The van der Waals surface area contributed by atoms with Crippen molar-refractivity contribution >= 4 is 45.2 Å². The Morgan fingerprint density at radius 2 is 1.63 bits per heavy atom. The lowest BCUT2D eigenvalue weighted by atomic mass is 9.51. The Kier molecular flexibility index (Phi) is 6.27. The van der Waals surface area contributed by atoms with Gasteiger partial charge in [-0.3, -0.25) is 24.1 Å². The molecule has 41 heavy (non-hydrogen) atoms. The van der Waals surface area contributed by atoms with Crippen molar-refractivity contribution in [1.82, 2.24) is 4.90 Å². The third-order valence-electron chi connectivity index (χ3n) is 10.6. The summed E-state index contributed by atoms with van der Waals surface area (Å²) in [6.45, 7) is 1.84. The molecule has 4 amide bonds. The molecule has 5 aliphatic rings. The van der Waals surface area contributed by atoms with E-state index in [1.54, 1.807) is 41.3 Å². The molecule has 2 aliphatic heterocycles. The molecule has 8 heteroatoms. The van der Waals surface area contributed by atoms with Gasteiger partial charge in [-0.05, 0) is 68.9 Å². The number of amides is 4. The Balaban J connectivity index is 1.36. The number of phenolic OH excluding ortho intramolecular Hbond substituents is 1. The fraction of sp³-hybridized carbons (Fsp3) is 0.455. The SMILES string of the molecule is C[C@@]12C(=O)N(c3ccccc3)C(=O)[C@@H]1C[C@@H]1C(=CC[C@@H]3C(=O)N(C4CCCCC4)C(=O)[C@@H]31)[C@@H]2c1cc(Br)ccc1O. The van der Waals surface area contributed by atoms with Gasteiger partial charge >= 0.3 is 0 Å². The van der Waals surface area contributed by atoms with Crippen LogP contribution >= 0.6 is 15.9 Å². The van der Waals surface area contributed by atoms with Crippen LogP contribution in [0.2, 0.25) is 0 Å². The van der Waals surface area contributed by atoms with E-state index in [1.165, 1.54) is 4.90 Å². The molecule has 3 aliphatic carbocycles. The normalized spacial score (nSPS) is 33.5. The molecule has 0 bridgehead atoms. The fourth-order valence-corrected chi connectivity index (χ4v) is 9.04. The van der Waals surface area contributed by atoms with E-state index in [0.717, 1.165) is 42.1 Å². The number of anilines is 1. The van der Waals surface area contributed by atoms with E-state index in [2.05, 4.69) is 15.9 Å². The molecule has 2 aromatic rings. The van der Waals surface area contributed by atoms with E-state index in [-0.39, 0.29) is 41.3 Å². The fourth-order valence-electron chi connectivity index (χ4n) is 8.66. The summed E-state index contributed by atoms with van der Waals surface area (Å²) in [4.78, 5) is 59.2. The molecule has 212 valence electrons. The molecule has 2 heterocycles. The number of allylic oxidation sites excluding steroid dienone is 2. The Morgan fingerprint density at radius 3 is 2.37 bits per heavy atom. The zero-order valence-electron chi connectivity index (χ0n) is 23.0. The summed E-state index contributed by atoms with van der Waals surface area (Å²) in [5, 5.41) is 11.2. The molecule has 2 saturated carbocycles. The first kappa shape index (κ1) is 26.6. The zero-order chi connectivity index (χ0) is 28.6. The molecule has 0 spiro atoms. The lowest BCUT2D eigenvalue weighted by Crippen LogP contribution is -2.49. The topological polar surface area (TPSA) is 95.0 Å². The summed E-state index contributed by atoms with van der Waals surface area (Å²) in [5.74, 6) is -3.46. The average Bonchev–Trinajstić information content (AvgIpc) is 3.35. The average molecular weight is 618 g/mol. The number of halogens is 1. The summed E-state index contributed by atoms with van der Waals surface area (Å²) < 4.78 is 0.745. The lowest BCUT2D eigenvalue weighted by molar-refractivity contribution is -0.144. The van der Waals surface area contributed by atoms with Crippen LogP contribution in [0.5, 0.6) is 5.75 Å². The van der Waals surface area contributed by atoms with Crippen molar-refractivity contribution in [3.8, 4) is 5.75 Å². The summed E-state index contributed by atoms with van der Waals surface area (Å²) in [6.07, 6.45) is 7.62. The third-order valence-corrected chi connectivity index (χ3v) is 11.1. The van der Waals surface area contributed by atoms with Gasteiger partial charge in [0.1, 0.15) is 5.75 Å². The maximum Gasteiger partial charge on any atom is 0.241 e. The summed E-state index contributed by atoms with van der Waals surface area (Å²) >= 11 is 3.53. The zero-order valence-corrected chi connectivity index (χ0v) is 24.5. The predicted octanol–water partition coefficient (Wildman–Crippen LogP) is 5.72. The molecule has 0 radical (unpaired) electrons. The number of carbonyl (C=O) groups excluding carboxylic acids is 4. The summed E-state index contributed by atoms with van der Waals surface area (Å²) in [7, 11) is 0. The second kappa shape index (κ2) is 9.65. The number of nitrogens with zero attached hydrogens (tertiary/aromatic N) is 2. The van der Waals surface area contributed by atoms with E-state index in [4.69, 9.17) is 0 Å². The highest BCUT2D eigenvalue weighted by Crippen LogP contribution is 2.64. The lowest BCUT2D eigenvalue weighted by Gasteiger charge is -2.49. The molecule has 7 rings (SSSR count). The van der Waals surface area contributed by atoms with Crippen molar-refractivity contribution in [1.29, 1.82) is 0 Å². The van der Waals surface area contributed by atoms with Gasteiger partial charge in [0, 0.05) is 22.0 Å². The third kappa shape index (κ3) is 3.75. The minimum absolute atomic E-state index is 0.0397. The first-order valence-corrected chi connectivity index (χ1v) is 15.5. The number of imide groups is 2. The van der Waals surface area contributed by atoms with Gasteiger partial charge in [0.05, 0.1) is 28.9 Å². The number of benzene rings is 2. The van der Waals surface area contributed by atoms with E-state index in [9.17, 15) is 24.3 Å². The largest absolute Gasteiger partial charge is 0.508 e. The van der Waals surface area contributed by atoms with E-state index < -0.39 is 29.1 Å². The van der Waals surface area contributed by atoms with E-state index in [1.807, 2.05) is 25.1 Å². The van der Waals surface area contributed by atoms with Crippen LogP contribution in [0.15, 0.2) is 64.7 Å². The first-order valence-electron chi connectivity index (χ1n) is 14.7. The minimum Gasteiger partial charge on any atom is -0.508 e. The van der Waals surface area contributed by atoms with Crippen LogP contribution in [0.25, 0.3) is 0 Å². The Hall–Kier alpha value is -3.26. The number of hydrogen-bond donors (Lipinski definition) is 1. The smallest absolute Gasteiger partial charge is 0.241 e. The summed E-state index contributed by atoms with van der Waals surface area (Å²) in [6, 6.07) is 14.0. The van der Waals surface area contributed by atoms with Crippen LogP contribution < -0.4 is 4.90 Å². The molecule has 2 saturated heterocycles. The standard InChI is InChI=1S/C33H33BrN2O5/c1-33-25(30(39)36(32(33)41)20-10-6-3-7-11-20)17-23-21(28(33)24-16-18(34)12-15-26(24)37)13-14-22-27(23)31(40)35(29(22)38)19-8-4-2-5-9-19/h3,6-7,10-13,15-16,19,22-23,25,27-28,37H,2,4-5,8-9,14,17H2,1H3/t22-,23+,25-,27-,28+,33+/m0/s1. The predicted molar refractivity (Wildman–Crippen MR) is 156 cm³/mol. The van der Waals surface area contributed by atoms with Gasteiger partial charge in [-0.15, -0.1) is 0 Å². The van der Waals surface area contributed by atoms with Crippen molar-refractivity contribution in [2.45, 2.75) is 63.8 Å². The van der Waals surface area contributed by atoms with Crippen molar-refractivity contribution in [2.24, 2.45) is 29.1 Å². The number of para-hydroxylation sites is 1. The van der Waals surface area contributed by atoms with Crippen molar-refractivity contribution in [3.63, 3.8) is 0 Å². The van der Waals surface area contributed by atoms with E-state index >= 15 is 0 Å². The molecule has 6 atom stereocenters. The van der Waals surface area contributed by atoms with Crippen LogP contribution in [-0.4, -0.2) is 39.7 Å². The van der Waals surface area contributed by atoms with Crippen LogP contribution in [-0.2, 0) is 19.2 Å². The molecule has 4 fully saturated rings. The van der Waals surface area contributed by atoms with Crippen molar-refractivity contribution in [3.05, 3.63) is 70.2 Å². The maximum absolute atomic E-state index is 14.4. The van der Waals surface area contributed by atoms with Crippen LogP contribution in [0, 0.1) is 29.1 Å². The van der Waals surface area contributed by atoms with Crippen LogP contribution in [0.3, 0.4) is 0 Å². The molecule has 1 N–H and O–H groups in total. The van der Waals surface area contributed by atoms with Gasteiger partial charge in [-0.1, -0.05) is 65.0 Å². The van der Waals surface area contributed by atoms with Gasteiger partial charge in [0.2, 0.25) is 23.6 Å². The van der Waals surface area contributed by atoms with Crippen molar-refractivity contribution < 1.29 is 24.3 Å². The van der Waals surface area contributed by atoms with Crippen LogP contribution in [0.4, 0.5) is 5.69 Å². The van der Waals surface area contributed by atoms with Gasteiger partial charge in [-0.25, -0.2) is 4.90 Å². The number of phenols is 1. The van der Waals surface area contributed by atoms with Gasteiger partial charge in [0.25, 0.3) is 0 Å². The van der Waals surface area contributed by atoms with Gasteiger partial charge in [0.15, 0.2) is 0 Å². The number of fused-ring (bicyclic) bond motifs is 4. The summed E-state index contributed by atoms with van der Waals surface area (Å²) in [5.41, 5.74) is 0.787. The molecule has 2 aromatic carbocycles. The molecular weight excluding hydrogens is 584 g/mol. The highest BCUT2D eigenvalue weighted by atomic mass is 79.9. The Labute approximate surface area is 247 Å². The highest BCUT2D eigenvalue weighted by molar-refractivity contribution is 9.10. The first-order chi connectivity index (χ1) is 19.7. The van der Waals surface area contributed by atoms with Gasteiger partial charge in [-0.2, -0.15) is 0 Å². The number of aromatic hydroxyl groups is 1. The van der Waals surface area contributed by atoms with E-state index in [0.29, 0.717) is 24.1 Å². The van der Waals surface area contributed by atoms with Gasteiger partial charge < -0.3 is 5.11 Å². The monoisotopic (exact) mass is 616 g/mol. The molecule has 0 unspecified atom stereocenters. The number of hydrogen-bond acceptors (Lipinski definition) is 5. The molecule has 7 nitrogen and oxygen atoms in total. The minimum atomic E-state index is -1.17. The van der Waals surface area contributed by atoms with Crippen molar-refractivity contribution in [2.75, 3.05) is 4.90 Å². The second-order valence-corrected chi connectivity index (χ2v) is 13.5. The Bertz CT molecular complexity index is 1500. The number of rotatable bonds is 3. The van der Waals surface area contributed by atoms with Crippen LogP contribution in [0.1, 0.15) is 63.4 Å². The maximum atomic E-state index is 14.4.